The number of nitro groups is 1. The number of hydrogen-bond donors (Lipinski definition) is 1. The van der Waals surface area contributed by atoms with Crippen LogP contribution in [0.3, 0.4) is 0 Å². The molecule has 1 aromatic heterocycles. The van der Waals surface area contributed by atoms with E-state index in [1.807, 2.05) is 30.3 Å². The third-order valence-electron chi connectivity index (χ3n) is 4.96. The number of ether oxygens (including phenoxy) is 2. The minimum atomic E-state index is -0.702. The van der Waals surface area contributed by atoms with E-state index in [0.717, 1.165) is 10.4 Å². The van der Waals surface area contributed by atoms with Gasteiger partial charge >= 0.3 is 5.97 Å². The highest BCUT2D eigenvalue weighted by Gasteiger charge is 2.15. The Balaban J connectivity index is 1.36. The highest BCUT2D eigenvalue weighted by atomic mass is 16.6. The summed E-state index contributed by atoms with van der Waals surface area (Å²) in [6.07, 6.45) is 1.40. The summed E-state index contributed by atoms with van der Waals surface area (Å²) < 4.78 is 11.0. The van der Waals surface area contributed by atoms with Crippen LogP contribution in [0.2, 0.25) is 0 Å². The van der Waals surface area contributed by atoms with Crippen LogP contribution in [0, 0.1) is 10.1 Å². The largest absolute Gasteiger partial charge is 0.490 e. The Morgan fingerprint density at radius 1 is 1.08 bits per heavy atom. The average molecular weight is 515 g/mol. The maximum absolute atomic E-state index is 12.5. The number of esters is 1. The van der Waals surface area contributed by atoms with E-state index in [2.05, 4.69) is 25.9 Å². The van der Waals surface area contributed by atoms with Crippen LogP contribution in [0.5, 0.6) is 11.5 Å². The fraction of sp³-hybridized carbons (Fsp3) is 0.120. The number of benzene rings is 3. The number of carbonyl (C=O) groups excluding carboxylic acids is 2. The Morgan fingerprint density at radius 2 is 1.84 bits per heavy atom. The highest BCUT2D eigenvalue weighted by Crippen LogP contribution is 2.29. The second-order valence-corrected chi connectivity index (χ2v) is 7.64. The van der Waals surface area contributed by atoms with E-state index in [4.69, 9.17) is 9.47 Å². The highest BCUT2D eigenvalue weighted by molar-refractivity contribution is 5.92. The molecule has 4 aromatic rings. The Morgan fingerprint density at radius 3 is 2.55 bits per heavy atom. The summed E-state index contributed by atoms with van der Waals surface area (Å²) in [5.74, 6) is -0.329. The Bertz CT molecular complexity index is 1470. The van der Waals surface area contributed by atoms with Gasteiger partial charge in [-0.25, -0.2) is 10.2 Å². The molecule has 0 aliphatic heterocycles. The Hall–Kier alpha value is -5.46. The lowest BCUT2D eigenvalue weighted by molar-refractivity contribution is -0.384. The summed E-state index contributed by atoms with van der Waals surface area (Å²) in [5, 5.41) is 26.7. The van der Waals surface area contributed by atoms with E-state index in [-0.39, 0.29) is 29.3 Å². The molecule has 0 atom stereocenters. The number of tetrazole rings is 1. The smallest absolute Gasteiger partial charge is 0.343 e. The Kier molecular flexibility index (Phi) is 8.08. The minimum absolute atomic E-state index is 0.137. The number of rotatable bonds is 10. The molecule has 3 aromatic carbocycles. The van der Waals surface area contributed by atoms with Crippen LogP contribution in [0.15, 0.2) is 77.9 Å². The molecule has 38 heavy (non-hydrogen) atoms. The van der Waals surface area contributed by atoms with Gasteiger partial charge in [0.1, 0.15) is 6.54 Å². The maximum atomic E-state index is 12.5. The van der Waals surface area contributed by atoms with Gasteiger partial charge in [0.2, 0.25) is 5.82 Å². The molecular weight excluding hydrogens is 494 g/mol. The van der Waals surface area contributed by atoms with Crippen LogP contribution >= 0.6 is 0 Å². The molecule has 0 unspecified atom stereocenters. The van der Waals surface area contributed by atoms with Gasteiger partial charge in [0.05, 0.1) is 23.3 Å². The molecule has 0 saturated carbocycles. The van der Waals surface area contributed by atoms with Crippen molar-refractivity contribution in [2.24, 2.45) is 5.10 Å². The molecule has 0 saturated heterocycles. The van der Waals surface area contributed by atoms with Crippen LogP contribution in [-0.2, 0) is 11.3 Å². The second-order valence-electron chi connectivity index (χ2n) is 7.64. The summed E-state index contributed by atoms with van der Waals surface area (Å²) in [5.41, 5.74) is 3.74. The van der Waals surface area contributed by atoms with Crippen LogP contribution in [-0.4, -0.2) is 49.8 Å². The number of amides is 1. The molecule has 13 nitrogen and oxygen atoms in total. The van der Waals surface area contributed by atoms with Crippen molar-refractivity contribution >= 4 is 23.8 Å². The normalized spacial score (nSPS) is 10.8. The lowest BCUT2D eigenvalue weighted by Crippen LogP contribution is -2.24. The standard InChI is InChI=1S/C25H21N7O6/c1-2-37-22-14-17(8-13-21(22)38-25(34)19-9-11-20(12-10-19)32(35)36)15-26-27-23(33)16-31-29-24(28-30-31)18-6-4-3-5-7-18/h3-15H,2,16H2,1H3,(H,27,33)/b26-15-. The van der Waals surface area contributed by atoms with Gasteiger partial charge < -0.3 is 9.47 Å². The third kappa shape index (κ3) is 6.60. The summed E-state index contributed by atoms with van der Waals surface area (Å²) in [6, 6.07) is 19.0. The molecule has 13 heteroatoms. The zero-order valence-corrected chi connectivity index (χ0v) is 20.1. The quantitative estimate of drug-likeness (QED) is 0.110. The molecule has 192 valence electrons. The van der Waals surface area contributed by atoms with Gasteiger partial charge in [-0.1, -0.05) is 30.3 Å². The molecule has 0 radical (unpaired) electrons. The van der Waals surface area contributed by atoms with Gasteiger partial charge in [-0.2, -0.15) is 9.90 Å². The van der Waals surface area contributed by atoms with Crippen molar-refractivity contribution in [1.29, 1.82) is 0 Å². The van der Waals surface area contributed by atoms with Gasteiger partial charge in [-0.15, -0.1) is 10.2 Å². The number of non-ortho nitro benzene ring substituents is 1. The predicted octanol–water partition coefficient (Wildman–Crippen LogP) is 3.02. The molecule has 4 rings (SSSR count). The molecule has 0 aliphatic rings. The molecule has 1 heterocycles. The minimum Gasteiger partial charge on any atom is -0.490 e. The lowest BCUT2D eigenvalue weighted by Gasteiger charge is -2.11. The predicted molar refractivity (Wildman–Crippen MR) is 135 cm³/mol. The third-order valence-corrected chi connectivity index (χ3v) is 4.96. The number of aromatic nitrogens is 4. The van der Waals surface area contributed by atoms with Crippen LogP contribution in [0.1, 0.15) is 22.8 Å². The van der Waals surface area contributed by atoms with Crippen molar-refractivity contribution in [3.8, 4) is 22.9 Å². The zero-order valence-electron chi connectivity index (χ0n) is 20.1. The molecule has 1 amide bonds. The lowest BCUT2D eigenvalue weighted by atomic mass is 10.2. The molecule has 1 N–H and O–H groups in total. The fourth-order valence-corrected chi connectivity index (χ4v) is 3.19. The van der Waals surface area contributed by atoms with Crippen molar-refractivity contribution in [3.05, 3.63) is 94.0 Å². The van der Waals surface area contributed by atoms with E-state index < -0.39 is 16.8 Å². The summed E-state index contributed by atoms with van der Waals surface area (Å²) in [6.45, 7) is 1.89. The topological polar surface area (TPSA) is 164 Å². The van der Waals surface area contributed by atoms with Crippen molar-refractivity contribution < 1.29 is 24.0 Å². The summed E-state index contributed by atoms with van der Waals surface area (Å²) in [7, 11) is 0. The van der Waals surface area contributed by atoms with Crippen molar-refractivity contribution in [2.45, 2.75) is 13.5 Å². The first-order valence-electron chi connectivity index (χ1n) is 11.3. The van der Waals surface area contributed by atoms with E-state index in [1.54, 1.807) is 19.1 Å². The Labute approximate surface area is 215 Å². The average Bonchev–Trinajstić information content (AvgIpc) is 3.39. The molecule has 0 fully saturated rings. The van der Waals surface area contributed by atoms with Crippen LogP contribution in [0.25, 0.3) is 11.4 Å². The van der Waals surface area contributed by atoms with Gasteiger partial charge in [0, 0.05) is 17.7 Å². The van der Waals surface area contributed by atoms with Crippen molar-refractivity contribution in [3.63, 3.8) is 0 Å². The van der Waals surface area contributed by atoms with E-state index in [9.17, 15) is 19.7 Å². The second kappa shape index (κ2) is 12.0. The van der Waals surface area contributed by atoms with Crippen molar-refractivity contribution in [2.75, 3.05) is 6.61 Å². The number of nitrogens with one attached hydrogen (secondary N) is 1. The summed E-state index contributed by atoms with van der Waals surface area (Å²) >= 11 is 0. The number of hydrogen-bond acceptors (Lipinski definition) is 10. The van der Waals surface area contributed by atoms with E-state index >= 15 is 0 Å². The molecular formula is C25H21N7O6. The number of nitrogens with zero attached hydrogens (tertiary/aromatic N) is 6. The number of nitro benzene ring substituents is 1. The molecule has 0 spiro atoms. The molecule has 0 aliphatic carbocycles. The summed E-state index contributed by atoms with van der Waals surface area (Å²) in [4.78, 5) is 36.1. The van der Waals surface area contributed by atoms with Gasteiger partial charge in [0.15, 0.2) is 11.5 Å². The van der Waals surface area contributed by atoms with Crippen molar-refractivity contribution in [1.82, 2.24) is 25.6 Å². The first-order chi connectivity index (χ1) is 18.4. The van der Waals surface area contributed by atoms with E-state index in [0.29, 0.717) is 18.0 Å². The van der Waals surface area contributed by atoms with Gasteiger partial charge in [-0.05, 0) is 48.0 Å². The number of carbonyl (C=O) groups is 2. The van der Waals surface area contributed by atoms with Gasteiger partial charge in [0.25, 0.3) is 11.6 Å². The van der Waals surface area contributed by atoms with Crippen LogP contribution < -0.4 is 14.9 Å². The number of hydrazone groups is 1. The first-order valence-corrected chi connectivity index (χ1v) is 11.3. The maximum Gasteiger partial charge on any atom is 0.343 e. The molecule has 0 bridgehead atoms. The fourth-order valence-electron chi connectivity index (χ4n) is 3.19. The zero-order chi connectivity index (χ0) is 26.9. The monoisotopic (exact) mass is 515 g/mol. The first kappa shape index (κ1) is 25.6. The van der Waals surface area contributed by atoms with Gasteiger partial charge in [-0.3, -0.25) is 14.9 Å². The van der Waals surface area contributed by atoms with Crippen LogP contribution in [0.4, 0.5) is 5.69 Å². The van der Waals surface area contributed by atoms with E-state index in [1.165, 1.54) is 36.5 Å². The SMILES string of the molecule is CCOc1cc(/C=N\NC(=O)Cn2nnc(-c3ccccc3)n2)ccc1OC(=O)c1ccc([N+](=O)[O-])cc1.